The molecule has 0 bridgehead atoms. The molecular formula is C14H18FNO3. The van der Waals surface area contributed by atoms with Gasteiger partial charge in [-0.1, -0.05) is 32.0 Å². The van der Waals surface area contributed by atoms with E-state index < -0.39 is 17.9 Å². The maximum absolute atomic E-state index is 13.4. The molecule has 19 heavy (non-hydrogen) atoms. The van der Waals surface area contributed by atoms with E-state index in [-0.39, 0.29) is 18.1 Å². The highest BCUT2D eigenvalue weighted by Gasteiger charge is 2.22. The van der Waals surface area contributed by atoms with Crippen LogP contribution in [0.4, 0.5) is 4.39 Å². The summed E-state index contributed by atoms with van der Waals surface area (Å²) in [5.74, 6) is -2.27. The number of carbonyl (C=O) groups is 2. The van der Waals surface area contributed by atoms with Crippen molar-refractivity contribution in [1.29, 1.82) is 0 Å². The fraction of sp³-hybridized carbons (Fsp3) is 0.429. The molecule has 0 radical (unpaired) electrons. The number of benzene rings is 1. The minimum absolute atomic E-state index is 0.245. The third kappa shape index (κ3) is 4.35. The lowest BCUT2D eigenvalue weighted by Gasteiger charge is -2.16. The van der Waals surface area contributed by atoms with Gasteiger partial charge in [0, 0.05) is 5.92 Å². The van der Waals surface area contributed by atoms with Gasteiger partial charge in [-0.15, -0.1) is 0 Å². The van der Waals surface area contributed by atoms with E-state index in [9.17, 15) is 14.0 Å². The first kappa shape index (κ1) is 15.1. The fourth-order valence-electron chi connectivity index (χ4n) is 1.74. The zero-order valence-corrected chi connectivity index (χ0v) is 11.0. The summed E-state index contributed by atoms with van der Waals surface area (Å²) in [6, 6.07) is 5.35. The summed E-state index contributed by atoms with van der Waals surface area (Å²) in [5, 5.41) is 11.3. The third-order valence-corrected chi connectivity index (χ3v) is 2.95. The van der Waals surface area contributed by atoms with Crippen LogP contribution in [-0.2, 0) is 16.0 Å². The molecule has 0 spiro atoms. The second kappa shape index (κ2) is 6.87. The summed E-state index contributed by atoms with van der Waals surface area (Å²) < 4.78 is 13.4. The van der Waals surface area contributed by atoms with Gasteiger partial charge in [0.1, 0.15) is 11.9 Å². The topological polar surface area (TPSA) is 66.4 Å². The van der Waals surface area contributed by atoms with Crippen LogP contribution in [0, 0.1) is 11.7 Å². The Morgan fingerprint density at radius 1 is 1.37 bits per heavy atom. The van der Waals surface area contributed by atoms with Crippen LogP contribution in [0.25, 0.3) is 0 Å². The minimum atomic E-state index is -1.06. The van der Waals surface area contributed by atoms with Gasteiger partial charge < -0.3 is 10.4 Å². The highest BCUT2D eigenvalue weighted by atomic mass is 19.1. The number of rotatable bonds is 6. The first-order chi connectivity index (χ1) is 8.95. The normalized spacial score (nSPS) is 13.6. The average molecular weight is 267 g/mol. The van der Waals surface area contributed by atoms with Crippen LogP contribution in [0.3, 0.4) is 0 Å². The van der Waals surface area contributed by atoms with E-state index in [2.05, 4.69) is 5.32 Å². The van der Waals surface area contributed by atoms with Crippen LogP contribution in [0.2, 0.25) is 0 Å². The maximum Gasteiger partial charge on any atom is 0.326 e. The zero-order chi connectivity index (χ0) is 14.4. The predicted octanol–water partition coefficient (Wildman–Crippen LogP) is 1.98. The summed E-state index contributed by atoms with van der Waals surface area (Å²) >= 11 is 0. The molecule has 0 fully saturated rings. The Morgan fingerprint density at radius 3 is 2.53 bits per heavy atom. The summed E-state index contributed by atoms with van der Waals surface area (Å²) in [6.45, 7) is 3.33. The van der Waals surface area contributed by atoms with Gasteiger partial charge in [-0.2, -0.15) is 0 Å². The van der Waals surface area contributed by atoms with E-state index in [1.54, 1.807) is 32.0 Å². The molecule has 1 amide bonds. The second-order valence-electron chi connectivity index (χ2n) is 4.50. The second-order valence-corrected chi connectivity index (χ2v) is 4.50. The Balaban J connectivity index is 2.63. The molecule has 1 aromatic rings. The molecule has 0 aromatic heterocycles. The zero-order valence-electron chi connectivity index (χ0n) is 11.0. The summed E-state index contributed by atoms with van der Waals surface area (Å²) in [6.07, 6.45) is 0.558. The number of halogens is 1. The quantitative estimate of drug-likeness (QED) is 0.828. The van der Waals surface area contributed by atoms with Gasteiger partial charge in [0.2, 0.25) is 5.91 Å². The van der Waals surface area contributed by atoms with Crippen molar-refractivity contribution in [3.05, 3.63) is 35.6 Å². The predicted molar refractivity (Wildman–Crippen MR) is 69.1 cm³/mol. The standard InChI is InChI=1S/C14H18FNO3/c1-3-12(14(18)19)16-13(17)9(2)8-10-6-4-5-7-11(10)15/h4-7,9,12H,3,8H2,1-2H3,(H,16,17)(H,18,19). The van der Waals surface area contributed by atoms with Gasteiger partial charge >= 0.3 is 5.97 Å². The van der Waals surface area contributed by atoms with Crippen LogP contribution >= 0.6 is 0 Å². The van der Waals surface area contributed by atoms with E-state index in [0.29, 0.717) is 12.0 Å². The lowest BCUT2D eigenvalue weighted by atomic mass is 9.99. The monoisotopic (exact) mass is 267 g/mol. The number of amides is 1. The van der Waals surface area contributed by atoms with Crippen molar-refractivity contribution in [3.63, 3.8) is 0 Å². The van der Waals surface area contributed by atoms with E-state index >= 15 is 0 Å². The Labute approximate surface area is 111 Å². The van der Waals surface area contributed by atoms with E-state index in [4.69, 9.17) is 5.11 Å². The summed E-state index contributed by atoms with van der Waals surface area (Å²) in [7, 11) is 0. The smallest absolute Gasteiger partial charge is 0.326 e. The van der Waals surface area contributed by atoms with Gasteiger partial charge in [-0.25, -0.2) is 9.18 Å². The number of carboxylic acids is 1. The molecule has 2 N–H and O–H groups in total. The first-order valence-electron chi connectivity index (χ1n) is 6.22. The number of carbonyl (C=O) groups excluding carboxylic acids is 1. The number of hydrogen-bond acceptors (Lipinski definition) is 2. The van der Waals surface area contributed by atoms with Crippen LogP contribution in [0.1, 0.15) is 25.8 Å². The van der Waals surface area contributed by atoms with Crippen molar-refractivity contribution in [2.45, 2.75) is 32.7 Å². The lowest BCUT2D eigenvalue weighted by Crippen LogP contribution is -2.43. The van der Waals surface area contributed by atoms with Gasteiger partial charge in [0.15, 0.2) is 0 Å². The van der Waals surface area contributed by atoms with Crippen molar-refractivity contribution >= 4 is 11.9 Å². The van der Waals surface area contributed by atoms with Gasteiger partial charge in [-0.05, 0) is 24.5 Å². The van der Waals surface area contributed by atoms with Gasteiger partial charge in [-0.3, -0.25) is 4.79 Å². The lowest BCUT2D eigenvalue weighted by molar-refractivity contribution is -0.142. The third-order valence-electron chi connectivity index (χ3n) is 2.95. The minimum Gasteiger partial charge on any atom is -0.480 e. The average Bonchev–Trinajstić information content (AvgIpc) is 2.37. The van der Waals surface area contributed by atoms with Crippen molar-refractivity contribution in [2.24, 2.45) is 5.92 Å². The van der Waals surface area contributed by atoms with Crippen LogP contribution in [0.15, 0.2) is 24.3 Å². The molecule has 0 heterocycles. The maximum atomic E-state index is 13.4. The highest BCUT2D eigenvalue weighted by Crippen LogP contribution is 2.13. The molecule has 0 aliphatic heterocycles. The summed E-state index contributed by atoms with van der Waals surface area (Å²) in [4.78, 5) is 22.7. The largest absolute Gasteiger partial charge is 0.480 e. The van der Waals surface area contributed by atoms with Crippen molar-refractivity contribution in [3.8, 4) is 0 Å². The Bertz CT molecular complexity index is 462. The SMILES string of the molecule is CCC(NC(=O)C(C)Cc1ccccc1F)C(=O)O. The van der Waals surface area contributed by atoms with Crippen LogP contribution in [0.5, 0.6) is 0 Å². The van der Waals surface area contributed by atoms with Crippen molar-refractivity contribution < 1.29 is 19.1 Å². The molecule has 2 unspecified atom stereocenters. The highest BCUT2D eigenvalue weighted by molar-refractivity contribution is 5.84. The number of hydrogen-bond donors (Lipinski definition) is 2. The van der Waals surface area contributed by atoms with Crippen molar-refractivity contribution in [1.82, 2.24) is 5.32 Å². The van der Waals surface area contributed by atoms with Crippen molar-refractivity contribution in [2.75, 3.05) is 0 Å². The molecule has 0 aliphatic rings. The van der Waals surface area contributed by atoms with Crippen LogP contribution < -0.4 is 5.32 Å². The molecule has 1 rings (SSSR count). The number of carboxylic acid groups (broad SMARTS) is 1. The fourth-order valence-corrected chi connectivity index (χ4v) is 1.74. The molecule has 104 valence electrons. The Morgan fingerprint density at radius 2 is 2.00 bits per heavy atom. The van der Waals surface area contributed by atoms with E-state index in [1.165, 1.54) is 6.07 Å². The molecule has 0 aliphatic carbocycles. The van der Waals surface area contributed by atoms with Gasteiger partial charge in [0.25, 0.3) is 0 Å². The van der Waals surface area contributed by atoms with E-state index in [0.717, 1.165) is 0 Å². The Hall–Kier alpha value is -1.91. The van der Waals surface area contributed by atoms with Gasteiger partial charge in [0.05, 0.1) is 0 Å². The Kier molecular flexibility index (Phi) is 5.48. The van der Waals surface area contributed by atoms with E-state index in [1.807, 2.05) is 0 Å². The molecular weight excluding hydrogens is 249 g/mol. The molecule has 1 aromatic carbocycles. The number of aliphatic carboxylic acids is 1. The molecule has 0 saturated heterocycles. The molecule has 4 nitrogen and oxygen atoms in total. The summed E-state index contributed by atoms with van der Waals surface area (Å²) in [5.41, 5.74) is 0.452. The molecule has 0 saturated carbocycles. The number of nitrogens with one attached hydrogen (secondary N) is 1. The van der Waals surface area contributed by atoms with Crippen LogP contribution in [-0.4, -0.2) is 23.0 Å². The first-order valence-corrected chi connectivity index (χ1v) is 6.22. The molecule has 2 atom stereocenters. The molecule has 5 heteroatoms.